The average Bonchev–Trinajstić information content (AvgIpc) is 3.25. The van der Waals surface area contributed by atoms with Gasteiger partial charge >= 0.3 is 0 Å². The van der Waals surface area contributed by atoms with Gasteiger partial charge in [-0.3, -0.25) is 14.4 Å². The lowest BCUT2D eigenvalue weighted by Gasteiger charge is -2.40. The highest BCUT2D eigenvalue weighted by Gasteiger charge is 2.42. The Morgan fingerprint density at radius 2 is 1.88 bits per heavy atom. The molecule has 2 saturated heterocycles. The van der Waals surface area contributed by atoms with Crippen LogP contribution < -0.4 is 10.6 Å². The minimum Gasteiger partial charge on any atom is -0.354 e. The number of carbonyl (C=O) groups is 3. The van der Waals surface area contributed by atoms with Crippen LogP contribution in [0, 0.1) is 5.82 Å². The van der Waals surface area contributed by atoms with Gasteiger partial charge in [-0.05, 0) is 49.2 Å². The van der Waals surface area contributed by atoms with Crippen LogP contribution in [0.3, 0.4) is 0 Å². The van der Waals surface area contributed by atoms with Gasteiger partial charge in [0, 0.05) is 39.4 Å². The van der Waals surface area contributed by atoms with Crippen molar-refractivity contribution >= 4 is 27.7 Å². The standard InChI is InChI=1S/C22H26FN5O5S/c1-26-11-3-5-18(26)22(31)27-12-13-28(34(32,33)16-8-6-15(23)7-9-16)19(14-27)21(30)25-17-4-2-10-24-20(17)29/h3,5-9,11,17,19H,2,4,10,12-14H2,1H3,(H,24,29)(H,25,30). The molecule has 182 valence electrons. The smallest absolute Gasteiger partial charge is 0.270 e. The number of rotatable bonds is 5. The van der Waals surface area contributed by atoms with Crippen molar-refractivity contribution in [2.75, 3.05) is 26.2 Å². The summed E-state index contributed by atoms with van der Waals surface area (Å²) < 4.78 is 42.8. The van der Waals surface area contributed by atoms with Crippen molar-refractivity contribution in [2.45, 2.75) is 29.8 Å². The fraction of sp³-hybridized carbons (Fsp3) is 0.409. The van der Waals surface area contributed by atoms with Crippen LogP contribution in [0.2, 0.25) is 0 Å². The van der Waals surface area contributed by atoms with Gasteiger partial charge in [0.25, 0.3) is 5.91 Å². The molecule has 3 heterocycles. The average molecular weight is 492 g/mol. The van der Waals surface area contributed by atoms with Gasteiger partial charge in [-0.15, -0.1) is 0 Å². The van der Waals surface area contributed by atoms with E-state index in [0.29, 0.717) is 25.1 Å². The second-order valence-electron chi connectivity index (χ2n) is 8.34. The Balaban J connectivity index is 1.62. The molecule has 0 radical (unpaired) electrons. The van der Waals surface area contributed by atoms with Crippen molar-refractivity contribution < 1.29 is 27.2 Å². The predicted molar refractivity (Wildman–Crippen MR) is 120 cm³/mol. The normalized spacial score (nSPS) is 21.7. The zero-order valence-corrected chi connectivity index (χ0v) is 19.4. The third kappa shape index (κ3) is 4.68. The Morgan fingerprint density at radius 3 is 2.53 bits per heavy atom. The highest BCUT2D eigenvalue weighted by Crippen LogP contribution is 2.23. The van der Waals surface area contributed by atoms with Crippen LogP contribution in [0.4, 0.5) is 4.39 Å². The molecule has 2 fully saturated rings. The zero-order valence-electron chi connectivity index (χ0n) is 18.6. The van der Waals surface area contributed by atoms with Gasteiger partial charge in [-0.25, -0.2) is 12.8 Å². The highest BCUT2D eigenvalue weighted by atomic mass is 32.2. The van der Waals surface area contributed by atoms with E-state index in [-0.39, 0.29) is 36.3 Å². The highest BCUT2D eigenvalue weighted by molar-refractivity contribution is 7.89. The molecule has 3 amide bonds. The van der Waals surface area contributed by atoms with Crippen LogP contribution in [0.15, 0.2) is 47.5 Å². The van der Waals surface area contributed by atoms with E-state index >= 15 is 0 Å². The molecule has 0 bridgehead atoms. The molecule has 34 heavy (non-hydrogen) atoms. The summed E-state index contributed by atoms with van der Waals surface area (Å²) in [6.45, 7) is 0.256. The molecule has 2 aliphatic rings. The molecule has 2 unspecified atom stereocenters. The number of aryl methyl sites for hydroxylation is 1. The number of amides is 3. The number of halogens is 1. The summed E-state index contributed by atoms with van der Waals surface area (Å²) in [6, 6.07) is 5.65. The van der Waals surface area contributed by atoms with E-state index in [9.17, 15) is 27.2 Å². The Kier molecular flexibility index (Phi) is 6.71. The third-order valence-electron chi connectivity index (χ3n) is 6.11. The summed E-state index contributed by atoms with van der Waals surface area (Å²) in [6.07, 6.45) is 2.83. The lowest BCUT2D eigenvalue weighted by molar-refractivity contribution is -0.132. The molecule has 2 N–H and O–H groups in total. The molecule has 0 spiro atoms. The first-order valence-electron chi connectivity index (χ1n) is 10.9. The van der Waals surface area contributed by atoms with Gasteiger partial charge in [0.1, 0.15) is 23.6 Å². The van der Waals surface area contributed by atoms with E-state index in [1.165, 1.54) is 4.90 Å². The van der Waals surface area contributed by atoms with Gasteiger partial charge in [0.15, 0.2) is 0 Å². The molecule has 1 aromatic carbocycles. The summed E-state index contributed by atoms with van der Waals surface area (Å²) >= 11 is 0. The summed E-state index contributed by atoms with van der Waals surface area (Å²) in [5, 5.41) is 5.32. The minimum atomic E-state index is -4.18. The predicted octanol–water partition coefficient (Wildman–Crippen LogP) is 0.0743. The van der Waals surface area contributed by atoms with E-state index in [2.05, 4.69) is 10.6 Å². The van der Waals surface area contributed by atoms with Crippen molar-refractivity contribution in [3.63, 3.8) is 0 Å². The largest absolute Gasteiger partial charge is 0.354 e. The second-order valence-corrected chi connectivity index (χ2v) is 10.2. The van der Waals surface area contributed by atoms with Gasteiger partial charge in [0.05, 0.1) is 4.90 Å². The van der Waals surface area contributed by atoms with Crippen LogP contribution in [0.1, 0.15) is 23.3 Å². The molecule has 2 atom stereocenters. The molecule has 2 aromatic rings. The van der Waals surface area contributed by atoms with Crippen LogP contribution in [0.25, 0.3) is 0 Å². The van der Waals surface area contributed by atoms with Crippen molar-refractivity contribution in [3.8, 4) is 0 Å². The molecule has 2 aliphatic heterocycles. The minimum absolute atomic E-state index is 0.0676. The van der Waals surface area contributed by atoms with Gasteiger partial charge < -0.3 is 20.1 Å². The molecular weight excluding hydrogens is 465 g/mol. The molecule has 12 heteroatoms. The first-order chi connectivity index (χ1) is 16.2. The fourth-order valence-electron chi connectivity index (χ4n) is 4.22. The number of nitrogens with one attached hydrogen (secondary N) is 2. The Bertz CT molecular complexity index is 1200. The quantitative estimate of drug-likeness (QED) is 0.614. The van der Waals surface area contributed by atoms with Gasteiger partial charge in [-0.1, -0.05) is 0 Å². The zero-order chi connectivity index (χ0) is 24.5. The summed E-state index contributed by atoms with van der Waals surface area (Å²) in [5.41, 5.74) is 0.403. The third-order valence-corrected chi connectivity index (χ3v) is 8.03. The van der Waals surface area contributed by atoms with Crippen molar-refractivity contribution in [1.82, 2.24) is 24.4 Å². The lowest BCUT2D eigenvalue weighted by Crippen LogP contribution is -2.63. The summed E-state index contributed by atoms with van der Waals surface area (Å²) in [5.74, 6) is -1.92. The molecule has 0 aliphatic carbocycles. The van der Waals surface area contributed by atoms with E-state index in [1.807, 2.05) is 0 Å². The van der Waals surface area contributed by atoms with Crippen LogP contribution >= 0.6 is 0 Å². The number of benzene rings is 1. The topological polar surface area (TPSA) is 121 Å². The maximum absolute atomic E-state index is 13.4. The number of hydrogen-bond donors (Lipinski definition) is 2. The number of nitrogens with zero attached hydrogens (tertiary/aromatic N) is 3. The van der Waals surface area contributed by atoms with Crippen molar-refractivity contribution in [2.24, 2.45) is 7.05 Å². The lowest BCUT2D eigenvalue weighted by atomic mass is 10.1. The summed E-state index contributed by atoms with van der Waals surface area (Å²) in [7, 11) is -2.46. The molecule has 4 rings (SSSR count). The first kappa shape index (κ1) is 23.9. The monoisotopic (exact) mass is 491 g/mol. The maximum Gasteiger partial charge on any atom is 0.270 e. The number of piperazine rings is 1. The number of carbonyl (C=O) groups excluding carboxylic acids is 3. The second kappa shape index (κ2) is 9.55. The SMILES string of the molecule is Cn1cccc1C(=O)N1CCN(S(=O)(=O)c2ccc(F)cc2)C(C(=O)NC2CCCNC2=O)C1. The summed E-state index contributed by atoms with van der Waals surface area (Å²) in [4.78, 5) is 39.7. The fourth-order valence-corrected chi connectivity index (χ4v) is 5.79. The molecular formula is C22H26FN5O5S. The molecule has 0 saturated carbocycles. The van der Waals surface area contributed by atoms with Crippen LogP contribution in [-0.2, 0) is 26.7 Å². The van der Waals surface area contributed by atoms with Crippen LogP contribution in [-0.4, -0.2) is 78.2 Å². The number of hydrogen-bond acceptors (Lipinski definition) is 5. The van der Waals surface area contributed by atoms with Crippen molar-refractivity contribution in [1.29, 1.82) is 0 Å². The Labute approximate surface area is 196 Å². The van der Waals surface area contributed by atoms with E-state index in [1.54, 1.807) is 29.9 Å². The first-order valence-corrected chi connectivity index (χ1v) is 12.4. The van der Waals surface area contributed by atoms with Gasteiger partial charge in [0.2, 0.25) is 21.8 Å². The molecule has 10 nitrogen and oxygen atoms in total. The maximum atomic E-state index is 13.4. The Morgan fingerprint density at radius 1 is 1.15 bits per heavy atom. The Hall–Kier alpha value is -3.25. The molecule has 1 aromatic heterocycles. The van der Waals surface area contributed by atoms with E-state index in [0.717, 1.165) is 28.6 Å². The number of sulfonamides is 1. The van der Waals surface area contributed by atoms with E-state index in [4.69, 9.17) is 0 Å². The van der Waals surface area contributed by atoms with E-state index < -0.39 is 33.8 Å². The number of piperidine rings is 1. The number of aromatic nitrogens is 1. The van der Waals surface area contributed by atoms with Gasteiger partial charge in [-0.2, -0.15) is 4.31 Å². The van der Waals surface area contributed by atoms with Crippen molar-refractivity contribution in [3.05, 3.63) is 54.1 Å². The van der Waals surface area contributed by atoms with Crippen LogP contribution in [0.5, 0.6) is 0 Å².